The van der Waals surface area contributed by atoms with Crippen LogP contribution >= 0.6 is 0 Å². The van der Waals surface area contributed by atoms with E-state index in [1.165, 1.54) is 6.92 Å². The molecule has 2 aromatic rings. The lowest BCUT2D eigenvalue weighted by molar-refractivity contribution is -0.117. The van der Waals surface area contributed by atoms with Gasteiger partial charge in [0.15, 0.2) is 11.5 Å². The lowest BCUT2D eigenvalue weighted by atomic mass is 10.2. The van der Waals surface area contributed by atoms with Crippen molar-refractivity contribution < 1.29 is 23.8 Å². The molecule has 0 saturated carbocycles. The minimum Gasteiger partial charge on any atom is -0.489 e. The first-order valence-corrected chi connectivity index (χ1v) is 9.17. The van der Waals surface area contributed by atoms with Crippen molar-refractivity contribution in [3.05, 3.63) is 42.5 Å². The number of nitrogens with zero attached hydrogens (tertiary/aromatic N) is 1. The number of hydrogen-bond acceptors (Lipinski definition) is 5. The molecule has 0 aromatic heterocycles. The predicted molar refractivity (Wildman–Crippen MR) is 106 cm³/mol. The SMILES string of the molecule is CC(=O)N(CCC(=O)Nc1ccc2c(c1)OCO2)c1ccccc1OC(C)C. The Morgan fingerprint density at radius 2 is 1.89 bits per heavy atom. The number of carbonyl (C=O) groups excluding carboxylic acids is 2. The normalized spacial score (nSPS) is 12.0. The lowest BCUT2D eigenvalue weighted by Crippen LogP contribution is -2.32. The number of anilines is 2. The molecule has 1 N–H and O–H groups in total. The van der Waals surface area contributed by atoms with Crippen molar-refractivity contribution >= 4 is 23.2 Å². The average Bonchev–Trinajstić information content (AvgIpc) is 3.10. The van der Waals surface area contributed by atoms with Gasteiger partial charge in [-0.1, -0.05) is 12.1 Å². The van der Waals surface area contributed by atoms with Crippen LogP contribution in [0.3, 0.4) is 0 Å². The van der Waals surface area contributed by atoms with E-state index in [9.17, 15) is 9.59 Å². The van der Waals surface area contributed by atoms with Gasteiger partial charge in [0, 0.05) is 31.6 Å². The zero-order valence-electron chi connectivity index (χ0n) is 16.2. The van der Waals surface area contributed by atoms with Crippen molar-refractivity contribution in [3.8, 4) is 17.2 Å². The summed E-state index contributed by atoms with van der Waals surface area (Å²) in [4.78, 5) is 26.1. The molecule has 1 aliphatic heterocycles. The minimum absolute atomic E-state index is 0.0238. The molecule has 2 aromatic carbocycles. The molecule has 0 bridgehead atoms. The first kappa shape index (κ1) is 19.5. The zero-order chi connectivity index (χ0) is 20.1. The number of hydrogen-bond donors (Lipinski definition) is 1. The Balaban J connectivity index is 1.65. The third-order valence-electron chi connectivity index (χ3n) is 4.12. The monoisotopic (exact) mass is 384 g/mol. The standard InChI is InChI=1S/C21H24N2O5/c1-14(2)28-18-7-5-4-6-17(18)23(15(3)24)11-10-21(25)22-16-8-9-19-20(12-16)27-13-26-19/h4-9,12,14H,10-11,13H2,1-3H3,(H,22,25). The largest absolute Gasteiger partial charge is 0.489 e. The van der Waals surface area contributed by atoms with E-state index in [4.69, 9.17) is 14.2 Å². The maximum Gasteiger partial charge on any atom is 0.231 e. The summed E-state index contributed by atoms with van der Waals surface area (Å²) in [6.07, 6.45) is 0.119. The van der Waals surface area contributed by atoms with E-state index in [-0.39, 0.29) is 37.7 Å². The molecule has 0 saturated heterocycles. The Morgan fingerprint density at radius 1 is 1.14 bits per heavy atom. The van der Waals surface area contributed by atoms with Crippen LogP contribution in [0.4, 0.5) is 11.4 Å². The van der Waals surface area contributed by atoms with Crippen LogP contribution in [0.2, 0.25) is 0 Å². The molecule has 2 amide bonds. The highest BCUT2D eigenvalue weighted by Gasteiger charge is 2.19. The number of carbonyl (C=O) groups is 2. The van der Waals surface area contributed by atoms with Crippen molar-refractivity contribution in [2.75, 3.05) is 23.6 Å². The molecular formula is C21H24N2O5. The van der Waals surface area contributed by atoms with Crippen molar-refractivity contribution in [3.63, 3.8) is 0 Å². The summed E-state index contributed by atoms with van der Waals surface area (Å²) in [5.74, 6) is 1.51. The number of para-hydroxylation sites is 2. The topological polar surface area (TPSA) is 77.1 Å². The Morgan fingerprint density at radius 3 is 2.64 bits per heavy atom. The maximum absolute atomic E-state index is 12.4. The Labute approximate surface area is 164 Å². The van der Waals surface area contributed by atoms with E-state index in [1.807, 2.05) is 38.1 Å². The van der Waals surface area contributed by atoms with E-state index in [0.717, 1.165) is 0 Å². The summed E-state index contributed by atoms with van der Waals surface area (Å²) in [7, 11) is 0. The number of amides is 2. The second-order valence-corrected chi connectivity index (χ2v) is 6.67. The molecule has 0 radical (unpaired) electrons. The van der Waals surface area contributed by atoms with Gasteiger partial charge in [-0.15, -0.1) is 0 Å². The molecule has 0 fully saturated rings. The fourth-order valence-electron chi connectivity index (χ4n) is 2.89. The third kappa shape index (κ3) is 4.73. The van der Waals surface area contributed by atoms with E-state index in [1.54, 1.807) is 23.1 Å². The van der Waals surface area contributed by atoms with Crippen molar-refractivity contribution in [2.24, 2.45) is 0 Å². The predicted octanol–water partition coefficient (Wildman–Crippen LogP) is 3.58. The summed E-state index contributed by atoms with van der Waals surface area (Å²) >= 11 is 0. The van der Waals surface area contributed by atoms with Crippen LogP contribution in [0.1, 0.15) is 27.2 Å². The van der Waals surface area contributed by atoms with Crippen LogP contribution < -0.4 is 24.4 Å². The quantitative estimate of drug-likeness (QED) is 0.789. The first-order valence-electron chi connectivity index (χ1n) is 9.17. The number of benzene rings is 2. The second kappa shape index (κ2) is 8.65. The fourth-order valence-corrected chi connectivity index (χ4v) is 2.89. The molecule has 7 nitrogen and oxygen atoms in total. The molecule has 3 rings (SSSR count). The summed E-state index contributed by atoms with van der Waals surface area (Å²) in [5.41, 5.74) is 1.27. The smallest absolute Gasteiger partial charge is 0.231 e. The molecule has 0 aliphatic carbocycles. The van der Waals surface area contributed by atoms with Crippen LogP contribution in [-0.2, 0) is 9.59 Å². The molecule has 0 atom stereocenters. The average molecular weight is 384 g/mol. The van der Waals surface area contributed by atoms with E-state index in [0.29, 0.717) is 28.6 Å². The van der Waals surface area contributed by atoms with Gasteiger partial charge < -0.3 is 24.4 Å². The second-order valence-electron chi connectivity index (χ2n) is 6.67. The third-order valence-corrected chi connectivity index (χ3v) is 4.12. The molecule has 1 heterocycles. The van der Waals surface area contributed by atoms with Crippen LogP contribution in [0, 0.1) is 0 Å². The van der Waals surface area contributed by atoms with Gasteiger partial charge in [0.25, 0.3) is 0 Å². The van der Waals surface area contributed by atoms with Crippen LogP contribution in [0.15, 0.2) is 42.5 Å². The number of fused-ring (bicyclic) bond motifs is 1. The Bertz CT molecular complexity index is 866. The van der Waals surface area contributed by atoms with Gasteiger partial charge in [0.05, 0.1) is 11.8 Å². The summed E-state index contributed by atoms with van der Waals surface area (Å²) < 4.78 is 16.4. The summed E-state index contributed by atoms with van der Waals surface area (Å²) in [6.45, 7) is 5.74. The van der Waals surface area contributed by atoms with Gasteiger partial charge in [0.2, 0.25) is 18.6 Å². The van der Waals surface area contributed by atoms with Crippen LogP contribution in [-0.4, -0.2) is 31.3 Å². The zero-order valence-corrected chi connectivity index (χ0v) is 16.2. The molecule has 0 unspecified atom stereocenters. The molecule has 148 valence electrons. The Kier molecular flexibility index (Phi) is 6.03. The molecule has 28 heavy (non-hydrogen) atoms. The van der Waals surface area contributed by atoms with Crippen LogP contribution in [0.25, 0.3) is 0 Å². The highest BCUT2D eigenvalue weighted by Crippen LogP contribution is 2.34. The molecule has 7 heteroatoms. The lowest BCUT2D eigenvalue weighted by Gasteiger charge is -2.24. The van der Waals surface area contributed by atoms with Crippen LogP contribution in [0.5, 0.6) is 17.2 Å². The summed E-state index contributed by atoms with van der Waals surface area (Å²) in [6, 6.07) is 12.5. The number of nitrogens with one attached hydrogen (secondary N) is 1. The van der Waals surface area contributed by atoms with Gasteiger partial charge in [-0.25, -0.2) is 0 Å². The van der Waals surface area contributed by atoms with Gasteiger partial charge in [-0.05, 0) is 38.1 Å². The fraction of sp³-hybridized carbons (Fsp3) is 0.333. The van der Waals surface area contributed by atoms with E-state index < -0.39 is 0 Å². The van der Waals surface area contributed by atoms with Gasteiger partial charge in [-0.3, -0.25) is 9.59 Å². The van der Waals surface area contributed by atoms with E-state index in [2.05, 4.69) is 5.32 Å². The summed E-state index contributed by atoms with van der Waals surface area (Å²) in [5, 5.41) is 2.82. The van der Waals surface area contributed by atoms with Gasteiger partial charge in [0.1, 0.15) is 5.75 Å². The van der Waals surface area contributed by atoms with Gasteiger partial charge in [-0.2, -0.15) is 0 Å². The van der Waals surface area contributed by atoms with Gasteiger partial charge >= 0.3 is 0 Å². The Hall–Kier alpha value is -3.22. The molecule has 0 spiro atoms. The van der Waals surface area contributed by atoms with Crippen molar-refractivity contribution in [2.45, 2.75) is 33.3 Å². The van der Waals surface area contributed by atoms with Crippen molar-refractivity contribution in [1.29, 1.82) is 0 Å². The number of rotatable bonds is 7. The highest BCUT2D eigenvalue weighted by atomic mass is 16.7. The first-order chi connectivity index (χ1) is 13.4. The molecular weight excluding hydrogens is 360 g/mol. The number of ether oxygens (including phenoxy) is 3. The van der Waals surface area contributed by atoms with Crippen molar-refractivity contribution in [1.82, 2.24) is 0 Å². The minimum atomic E-state index is -0.202. The van der Waals surface area contributed by atoms with E-state index >= 15 is 0 Å². The molecule has 1 aliphatic rings. The maximum atomic E-state index is 12.4. The highest BCUT2D eigenvalue weighted by molar-refractivity contribution is 5.96.